The Morgan fingerprint density at radius 3 is 2.72 bits per heavy atom. The Balaban J connectivity index is 1.91. The fourth-order valence-electron chi connectivity index (χ4n) is 1.40. The number of benzene rings is 1. The molecule has 0 aliphatic heterocycles. The Bertz CT molecular complexity index is 483. The molecule has 0 spiro atoms. The highest BCUT2D eigenvalue weighted by Gasteiger charge is 2.05. The molecule has 5 nitrogen and oxygen atoms in total. The first-order valence-electron chi connectivity index (χ1n) is 5.83. The molecule has 2 aromatic rings. The second-order valence-electron chi connectivity index (χ2n) is 3.81. The fraction of sp³-hybridized carbons (Fsp3) is 0.333. The van der Waals surface area contributed by atoms with E-state index in [1.165, 1.54) is 12.1 Å². The van der Waals surface area contributed by atoms with Crippen LogP contribution < -0.4 is 10.6 Å². The summed E-state index contributed by atoms with van der Waals surface area (Å²) in [6.45, 7) is 3.54. The summed E-state index contributed by atoms with van der Waals surface area (Å²) in [5.41, 5.74) is 0.702. The van der Waals surface area contributed by atoms with Crippen molar-refractivity contribution in [1.82, 2.24) is 15.5 Å². The van der Waals surface area contributed by atoms with Crippen LogP contribution in [0.3, 0.4) is 0 Å². The van der Waals surface area contributed by atoms with Crippen LogP contribution in [0, 0.1) is 5.82 Å². The van der Waals surface area contributed by atoms with Gasteiger partial charge >= 0.3 is 6.01 Å². The zero-order valence-electron chi connectivity index (χ0n) is 10.1. The summed E-state index contributed by atoms with van der Waals surface area (Å²) in [7, 11) is 0. The molecule has 0 aliphatic rings. The van der Waals surface area contributed by atoms with Gasteiger partial charge in [0, 0.05) is 5.69 Å². The van der Waals surface area contributed by atoms with E-state index in [0.29, 0.717) is 24.1 Å². The molecule has 0 saturated carbocycles. The van der Waals surface area contributed by atoms with Crippen LogP contribution in [-0.2, 0) is 6.54 Å². The minimum atomic E-state index is -0.282. The maximum absolute atomic E-state index is 12.7. The van der Waals surface area contributed by atoms with E-state index >= 15 is 0 Å². The molecule has 18 heavy (non-hydrogen) atoms. The maximum atomic E-state index is 12.7. The molecule has 1 aromatic heterocycles. The molecule has 2 rings (SSSR count). The van der Waals surface area contributed by atoms with Gasteiger partial charge in [-0.3, -0.25) is 0 Å². The van der Waals surface area contributed by atoms with Gasteiger partial charge in [-0.05, 0) is 37.2 Å². The molecule has 2 N–H and O–H groups in total. The van der Waals surface area contributed by atoms with Gasteiger partial charge in [0.2, 0.25) is 5.89 Å². The average molecular weight is 250 g/mol. The van der Waals surface area contributed by atoms with Crippen molar-refractivity contribution in [2.45, 2.75) is 19.9 Å². The number of halogens is 1. The van der Waals surface area contributed by atoms with Gasteiger partial charge in [0.25, 0.3) is 0 Å². The third kappa shape index (κ3) is 3.53. The van der Waals surface area contributed by atoms with Gasteiger partial charge in [-0.15, -0.1) is 5.10 Å². The van der Waals surface area contributed by atoms with Crippen LogP contribution in [0.25, 0.3) is 0 Å². The predicted molar refractivity (Wildman–Crippen MR) is 66.0 cm³/mol. The summed E-state index contributed by atoms with van der Waals surface area (Å²) >= 11 is 0. The predicted octanol–water partition coefficient (Wildman–Crippen LogP) is 2.45. The van der Waals surface area contributed by atoms with Gasteiger partial charge in [-0.2, -0.15) is 0 Å². The van der Waals surface area contributed by atoms with E-state index in [-0.39, 0.29) is 5.82 Å². The van der Waals surface area contributed by atoms with E-state index in [4.69, 9.17) is 4.42 Å². The monoisotopic (exact) mass is 250 g/mol. The molecule has 0 amide bonds. The van der Waals surface area contributed by atoms with E-state index < -0.39 is 0 Å². The van der Waals surface area contributed by atoms with Gasteiger partial charge in [-0.1, -0.05) is 12.0 Å². The van der Waals surface area contributed by atoms with Crippen LogP contribution in [0.15, 0.2) is 28.7 Å². The lowest BCUT2D eigenvalue weighted by Gasteiger charge is -2.00. The minimum Gasteiger partial charge on any atom is -0.406 e. The molecular weight excluding hydrogens is 235 g/mol. The van der Waals surface area contributed by atoms with Gasteiger partial charge < -0.3 is 15.1 Å². The van der Waals surface area contributed by atoms with Crippen molar-refractivity contribution in [3.05, 3.63) is 36.0 Å². The molecule has 1 aromatic carbocycles. The fourth-order valence-corrected chi connectivity index (χ4v) is 1.40. The van der Waals surface area contributed by atoms with E-state index in [1.807, 2.05) is 0 Å². The molecule has 96 valence electrons. The first-order valence-corrected chi connectivity index (χ1v) is 5.83. The lowest BCUT2D eigenvalue weighted by molar-refractivity contribution is 0.479. The van der Waals surface area contributed by atoms with Crippen LogP contribution in [0.2, 0.25) is 0 Å². The average Bonchev–Trinajstić information content (AvgIpc) is 2.80. The van der Waals surface area contributed by atoms with Gasteiger partial charge in [0.05, 0.1) is 6.54 Å². The van der Waals surface area contributed by atoms with E-state index in [1.54, 1.807) is 12.1 Å². The van der Waals surface area contributed by atoms with Crippen molar-refractivity contribution < 1.29 is 8.81 Å². The quantitative estimate of drug-likeness (QED) is 0.771. The number of nitrogens with one attached hydrogen (secondary N) is 2. The first kappa shape index (κ1) is 12.5. The molecule has 0 saturated heterocycles. The molecule has 1 heterocycles. The number of nitrogens with zero attached hydrogens (tertiary/aromatic N) is 2. The van der Waals surface area contributed by atoms with Crippen LogP contribution in [0.4, 0.5) is 16.1 Å². The third-order valence-electron chi connectivity index (χ3n) is 2.27. The van der Waals surface area contributed by atoms with Crippen molar-refractivity contribution in [3.63, 3.8) is 0 Å². The van der Waals surface area contributed by atoms with Crippen LogP contribution in [0.5, 0.6) is 0 Å². The Labute approximate surface area is 104 Å². The summed E-state index contributed by atoms with van der Waals surface area (Å²) in [5, 5.41) is 13.8. The molecule has 0 radical (unpaired) electrons. The summed E-state index contributed by atoms with van der Waals surface area (Å²) in [6.07, 6.45) is 1.05. The highest BCUT2D eigenvalue weighted by Crippen LogP contribution is 2.15. The first-order chi connectivity index (χ1) is 8.78. The lowest BCUT2D eigenvalue weighted by atomic mass is 10.3. The summed E-state index contributed by atoms with van der Waals surface area (Å²) in [5.74, 6) is 0.239. The van der Waals surface area contributed by atoms with E-state index in [0.717, 1.165) is 13.0 Å². The van der Waals surface area contributed by atoms with Gasteiger partial charge in [0.1, 0.15) is 5.82 Å². The Kier molecular flexibility index (Phi) is 4.25. The standard InChI is InChI=1S/C12H15FN4O/c1-2-7-14-8-11-16-17-12(18-11)15-10-5-3-9(13)4-6-10/h3-6,14H,2,7-8H2,1H3,(H,15,17). The Morgan fingerprint density at radius 2 is 2.00 bits per heavy atom. The maximum Gasteiger partial charge on any atom is 0.320 e. The lowest BCUT2D eigenvalue weighted by Crippen LogP contribution is -2.13. The highest BCUT2D eigenvalue weighted by molar-refractivity contribution is 5.51. The number of anilines is 2. The molecule has 6 heteroatoms. The molecule has 0 atom stereocenters. The van der Waals surface area contributed by atoms with Crippen molar-refractivity contribution in [2.24, 2.45) is 0 Å². The second kappa shape index (κ2) is 6.11. The van der Waals surface area contributed by atoms with Crippen molar-refractivity contribution >= 4 is 11.7 Å². The zero-order valence-corrected chi connectivity index (χ0v) is 10.1. The SMILES string of the molecule is CCCNCc1nnc(Nc2ccc(F)cc2)o1. The summed E-state index contributed by atoms with van der Waals surface area (Å²) < 4.78 is 18.1. The second-order valence-corrected chi connectivity index (χ2v) is 3.81. The smallest absolute Gasteiger partial charge is 0.320 e. The molecule has 0 aliphatic carbocycles. The van der Waals surface area contributed by atoms with Crippen LogP contribution >= 0.6 is 0 Å². The number of hydrogen-bond donors (Lipinski definition) is 2. The topological polar surface area (TPSA) is 63.0 Å². The van der Waals surface area contributed by atoms with Crippen molar-refractivity contribution in [3.8, 4) is 0 Å². The minimum absolute atomic E-state index is 0.282. The number of hydrogen-bond acceptors (Lipinski definition) is 5. The van der Waals surface area contributed by atoms with Crippen LogP contribution in [-0.4, -0.2) is 16.7 Å². The summed E-state index contributed by atoms with van der Waals surface area (Å²) in [6, 6.07) is 6.24. The molecule has 0 fully saturated rings. The Hall–Kier alpha value is -1.95. The largest absolute Gasteiger partial charge is 0.406 e. The van der Waals surface area contributed by atoms with Crippen LogP contribution in [0.1, 0.15) is 19.2 Å². The number of rotatable bonds is 6. The normalized spacial score (nSPS) is 10.6. The highest BCUT2D eigenvalue weighted by atomic mass is 19.1. The Morgan fingerprint density at radius 1 is 1.22 bits per heavy atom. The zero-order chi connectivity index (χ0) is 12.8. The third-order valence-corrected chi connectivity index (χ3v) is 2.27. The molecular formula is C12H15FN4O. The van der Waals surface area contributed by atoms with Crippen molar-refractivity contribution in [2.75, 3.05) is 11.9 Å². The summed E-state index contributed by atoms with van der Waals surface area (Å²) in [4.78, 5) is 0. The van der Waals surface area contributed by atoms with E-state index in [2.05, 4.69) is 27.8 Å². The van der Waals surface area contributed by atoms with E-state index in [9.17, 15) is 4.39 Å². The number of aromatic nitrogens is 2. The van der Waals surface area contributed by atoms with Gasteiger partial charge in [0.15, 0.2) is 0 Å². The molecule has 0 unspecified atom stereocenters. The molecule has 0 bridgehead atoms. The van der Waals surface area contributed by atoms with Crippen molar-refractivity contribution in [1.29, 1.82) is 0 Å². The van der Waals surface area contributed by atoms with Gasteiger partial charge in [-0.25, -0.2) is 4.39 Å².